The SMILES string of the molecule is CC(C)CC(CNC(=O)[C@@H](C)N)N1CCOCC1. The van der Waals surface area contributed by atoms with Crippen molar-refractivity contribution in [3.8, 4) is 0 Å². The topological polar surface area (TPSA) is 67.6 Å². The van der Waals surface area contributed by atoms with Crippen LogP contribution in [-0.4, -0.2) is 55.7 Å². The Balaban J connectivity index is 2.46. The van der Waals surface area contributed by atoms with E-state index in [0.717, 1.165) is 32.7 Å². The van der Waals surface area contributed by atoms with E-state index in [1.165, 1.54) is 0 Å². The van der Waals surface area contributed by atoms with Gasteiger partial charge in [0, 0.05) is 25.7 Å². The molecule has 0 aromatic heterocycles. The first-order valence-corrected chi connectivity index (χ1v) is 6.85. The Hall–Kier alpha value is -0.650. The highest BCUT2D eigenvalue weighted by Crippen LogP contribution is 2.12. The number of carbonyl (C=O) groups is 1. The van der Waals surface area contributed by atoms with E-state index in [1.807, 2.05) is 0 Å². The standard InChI is InChI=1S/C13H27N3O2/c1-10(2)8-12(9-15-13(17)11(3)14)16-4-6-18-7-5-16/h10-12H,4-9,14H2,1-3H3,(H,15,17)/t11-,12?/m1/s1. The van der Waals surface area contributed by atoms with Crippen molar-refractivity contribution < 1.29 is 9.53 Å². The molecule has 5 heteroatoms. The Morgan fingerprint density at radius 2 is 1.94 bits per heavy atom. The van der Waals surface area contributed by atoms with Crippen LogP contribution in [0.4, 0.5) is 0 Å². The van der Waals surface area contributed by atoms with Crippen LogP contribution in [0.15, 0.2) is 0 Å². The van der Waals surface area contributed by atoms with Crippen LogP contribution in [0.2, 0.25) is 0 Å². The third-order valence-electron chi connectivity index (χ3n) is 3.23. The maximum Gasteiger partial charge on any atom is 0.236 e. The van der Waals surface area contributed by atoms with Gasteiger partial charge in [0.2, 0.25) is 5.91 Å². The molecule has 106 valence electrons. The molecular weight excluding hydrogens is 230 g/mol. The lowest BCUT2D eigenvalue weighted by Gasteiger charge is -2.35. The Morgan fingerprint density at radius 1 is 1.33 bits per heavy atom. The molecule has 1 heterocycles. The average molecular weight is 257 g/mol. The number of ether oxygens (including phenoxy) is 1. The normalized spacial score (nSPS) is 20.7. The highest BCUT2D eigenvalue weighted by atomic mass is 16.5. The molecule has 18 heavy (non-hydrogen) atoms. The molecular formula is C13H27N3O2. The average Bonchev–Trinajstić information content (AvgIpc) is 2.34. The molecule has 1 rings (SSSR count). The quantitative estimate of drug-likeness (QED) is 0.713. The zero-order valence-electron chi connectivity index (χ0n) is 11.8. The van der Waals surface area contributed by atoms with Crippen molar-refractivity contribution in [1.82, 2.24) is 10.2 Å². The molecule has 0 spiro atoms. The maximum absolute atomic E-state index is 11.5. The van der Waals surface area contributed by atoms with Crippen LogP contribution < -0.4 is 11.1 Å². The summed E-state index contributed by atoms with van der Waals surface area (Å²) >= 11 is 0. The van der Waals surface area contributed by atoms with Crippen molar-refractivity contribution in [3.63, 3.8) is 0 Å². The summed E-state index contributed by atoms with van der Waals surface area (Å²) in [5, 5.41) is 2.94. The molecule has 1 fully saturated rings. The second-order valence-electron chi connectivity index (χ2n) is 5.47. The first-order chi connectivity index (χ1) is 8.50. The molecule has 1 saturated heterocycles. The van der Waals surface area contributed by atoms with E-state index in [1.54, 1.807) is 6.92 Å². The number of nitrogens with zero attached hydrogens (tertiary/aromatic N) is 1. The fraction of sp³-hybridized carbons (Fsp3) is 0.923. The van der Waals surface area contributed by atoms with E-state index in [2.05, 4.69) is 24.1 Å². The summed E-state index contributed by atoms with van der Waals surface area (Å²) in [6.45, 7) is 10.3. The monoisotopic (exact) mass is 257 g/mol. The van der Waals surface area contributed by atoms with E-state index in [4.69, 9.17) is 10.5 Å². The summed E-state index contributed by atoms with van der Waals surface area (Å²) in [5.41, 5.74) is 5.56. The number of rotatable bonds is 6. The van der Waals surface area contributed by atoms with Gasteiger partial charge in [0.1, 0.15) is 0 Å². The first-order valence-electron chi connectivity index (χ1n) is 6.85. The van der Waals surface area contributed by atoms with E-state index in [-0.39, 0.29) is 5.91 Å². The van der Waals surface area contributed by atoms with Gasteiger partial charge >= 0.3 is 0 Å². The lowest BCUT2D eigenvalue weighted by Crippen LogP contribution is -2.51. The number of nitrogens with two attached hydrogens (primary N) is 1. The van der Waals surface area contributed by atoms with Gasteiger partial charge < -0.3 is 15.8 Å². The molecule has 1 aliphatic rings. The van der Waals surface area contributed by atoms with Gasteiger partial charge in [0.25, 0.3) is 0 Å². The molecule has 1 unspecified atom stereocenters. The largest absolute Gasteiger partial charge is 0.379 e. The van der Waals surface area contributed by atoms with Crippen molar-refractivity contribution in [3.05, 3.63) is 0 Å². The lowest BCUT2D eigenvalue weighted by molar-refractivity contribution is -0.122. The molecule has 1 aliphatic heterocycles. The van der Waals surface area contributed by atoms with Crippen molar-refractivity contribution in [2.75, 3.05) is 32.8 Å². The lowest BCUT2D eigenvalue weighted by atomic mass is 10.0. The minimum atomic E-state index is -0.436. The molecule has 0 aromatic rings. The summed E-state index contributed by atoms with van der Waals surface area (Å²) in [6.07, 6.45) is 1.08. The highest BCUT2D eigenvalue weighted by molar-refractivity contribution is 5.80. The highest BCUT2D eigenvalue weighted by Gasteiger charge is 2.22. The summed E-state index contributed by atoms with van der Waals surface area (Å²) < 4.78 is 5.37. The third-order valence-corrected chi connectivity index (χ3v) is 3.23. The van der Waals surface area contributed by atoms with Crippen molar-refractivity contribution in [1.29, 1.82) is 0 Å². The summed E-state index contributed by atoms with van der Waals surface area (Å²) in [6, 6.07) is -0.0500. The molecule has 2 atom stereocenters. The van der Waals surface area contributed by atoms with Crippen molar-refractivity contribution >= 4 is 5.91 Å². The fourth-order valence-electron chi connectivity index (χ4n) is 2.23. The number of hydrogen-bond acceptors (Lipinski definition) is 4. The number of hydrogen-bond donors (Lipinski definition) is 2. The van der Waals surface area contributed by atoms with Crippen LogP contribution in [0.25, 0.3) is 0 Å². The molecule has 1 amide bonds. The van der Waals surface area contributed by atoms with Crippen LogP contribution in [0.5, 0.6) is 0 Å². The second-order valence-corrected chi connectivity index (χ2v) is 5.47. The number of amides is 1. The van der Waals surface area contributed by atoms with Gasteiger partial charge in [0.05, 0.1) is 19.3 Å². The summed E-state index contributed by atoms with van der Waals surface area (Å²) in [7, 11) is 0. The minimum absolute atomic E-state index is 0.0722. The molecule has 0 saturated carbocycles. The predicted molar refractivity (Wildman–Crippen MR) is 72.3 cm³/mol. The van der Waals surface area contributed by atoms with Crippen molar-refractivity contribution in [2.24, 2.45) is 11.7 Å². The van der Waals surface area contributed by atoms with Gasteiger partial charge in [-0.3, -0.25) is 9.69 Å². The maximum atomic E-state index is 11.5. The molecule has 0 aliphatic carbocycles. The zero-order chi connectivity index (χ0) is 13.5. The van der Waals surface area contributed by atoms with Crippen LogP contribution in [0, 0.1) is 5.92 Å². The molecule has 0 aromatic carbocycles. The minimum Gasteiger partial charge on any atom is -0.379 e. The Labute approximate surface area is 110 Å². The summed E-state index contributed by atoms with van der Waals surface area (Å²) in [4.78, 5) is 13.9. The smallest absolute Gasteiger partial charge is 0.236 e. The van der Waals surface area contributed by atoms with Crippen LogP contribution in [-0.2, 0) is 9.53 Å². The summed E-state index contributed by atoms with van der Waals surface area (Å²) in [5.74, 6) is 0.544. The zero-order valence-corrected chi connectivity index (χ0v) is 11.8. The molecule has 3 N–H and O–H groups in total. The second kappa shape index (κ2) is 7.71. The number of carbonyl (C=O) groups excluding carboxylic acids is 1. The Bertz CT molecular complexity index is 251. The van der Waals surface area contributed by atoms with Crippen LogP contribution in [0.3, 0.4) is 0 Å². The Morgan fingerprint density at radius 3 is 2.44 bits per heavy atom. The van der Waals surface area contributed by atoms with Gasteiger partial charge in [-0.1, -0.05) is 13.8 Å². The van der Waals surface area contributed by atoms with E-state index in [9.17, 15) is 4.79 Å². The first kappa shape index (κ1) is 15.4. The van der Waals surface area contributed by atoms with Crippen LogP contribution >= 0.6 is 0 Å². The number of nitrogens with one attached hydrogen (secondary N) is 1. The van der Waals surface area contributed by atoms with E-state index >= 15 is 0 Å². The fourth-order valence-corrected chi connectivity index (χ4v) is 2.23. The van der Waals surface area contributed by atoms with Crippen LogP contribution in [0.1, 0.15) is 27.2 Å². The van der Waals surface area contributed by atoms with Gasteiger partial charge in [-0.05, 0) is 19.3 Å². The van der Waals surface area contributed by atoms with Gasteiger partial charge in [0.15, 0.2) is 0 Å². The molecule has 0 bridgehead atoms. The van der Waals surface area contributed by atoms with Gasteiger partial charge in [-0.15, -0.1) is 0 Å². The third kappa shape index (κ3) is 5.33. The van der Waals surface area contributed by atoms with Gasteiger partial charge in [-0.2, -0.15) is 0 Å². The Kier molecular flexibility index (Phi) is 6.60. The van der Waals surface area contributed by atoms with E-state index < -0.39 is 6.04 Å². The molecule has 5 nitrogen and oxygen atoms in total. The number of morpholine rings is 1. The molecule has 0 radical (unpaired) electrons. The van der Waals surface area contributed by atoms with Crippen molar-refractivity contribution in [2.45, 2.75) is 39.3 Å². The predicted octanol–water partition coefficient (Wildman–Crippen LogP) is 0.197. The van der Waals surface area contributed by atoms with Gasteiger partial charge in [-0.25, -0.2) is 0 Å². The van der Waals surface area contributed by atoms with E-state index in [0.29, 0.717) is 18.5 Å².